The van der Waals surface area contributed by atoms with Gasteiger partial charge in [0.05, 0.1) is 5.92 Å². The molecule has 0 spiro atoms. The van der Waals surface area contributed by atoms with E-state index in [-0.39, 0.29) is 5.92 Å². The molecule has 2 rings (SSSR count). The highest BCUT2D eigenvalue weighted by Crippen LogP contribution is 2.45. The number of carbonyl (C=O) groups is 1. The summed E-state index contributed by atoms with van der Waals surface area (Å²) in [6.07, 6.45) is 1.73. The van der Waals surface area contributed by atoms with Gasteiger partial charge < -0.3 is 10.2 Å². The van der Waals surface area contributed by atoms with Gasteiger partial charge in [0.2, 0.25) is 0 Å². The Kier molecular flexibility index (Phi) is 3.09. The van der Waals surface area contributed by atoms with E-state index in [0.717, 1.165) is 18.4 Å². The van der Waals surface area contributed by atoms with Gasteiger partial charge in [0.15, 0.2) is 0 Å². The van der Waals surface area contributed by atoms with Crippen LogP contribution in [0.1, 0.15) is 36.8 Å². The summed E-state index contributed by atoms with van der Waals surface area (Å²) in [6, 6.07) is 5.62. The van der Waals surface area contributed by atoms with Crippen LogP contribution in [0.4, 0.5) is 0 Å². The standard InChI is InChI=1S/C14H18O3/c1-8(5-11-7-12(11)14(16)17)10-3-4-13(15)9(2)6-10/h3-4,6,8,11-12,15H,5,7H2,1-2H3,(H,16,17). The van der Waals surface area contributed by atoms with Gasteiger partial charge in [0.25, 0.3) is 0 Å². The van der Waals surface area contributed by atoms with Crippen molar-refractivity contribution in [1.29, 1.82) is 0 Å². The fourth-order valence-electron chi connectivity index (χ4n) is 2.39. The topological polar surface area (TPSA) is 57.5 Å². The molecule has 1 aliphatic carbocycles. The predicted octanol–water partition coefficient (Wildman–Crippen LogP) is 2.91. The number of hydrogen-bond acceptors (Lipinski definition) is 2. The van der Waals surface area contributed by atoms with Crippen LogP contribution in [0.15, 0.2) is 18.2 Å². The molecular weight excluding hydrogens is 216 g/mol. The van der Waals surface area contributed by atoms with Crippen LogP contribution in [0.3, 0.4) is 0 Å². The molecule has 3 heteroatoms. The fraction of sp³-hybridized carbons (Fsp3) is 0.500. The highest BCUT2D eigenvalue weighted by atomic mass is 16.4. The van der Waals surface area contributed by atoms with Gasteiger partial charge in [-0.15, -0.1) is 0 Å². The van der Waals surface area contributed by atoms with Gasteiger partial charge in [-0.3, -0.25) is 4.79 Å². The Hall–Kier alpha value is -1.51. The first-order valence-corrected chi connectivity index (χ1v) is 6.01. The summed E-state index contributed by atoms with van der Waals surface area (Å²) < 4.78 is 0. The van der Waals surface area contributed by atoms with Crippen molar-refractivity contribution < 1.29 is 15.0 Å². The average Bonchev–Trinajstić information content (AvgIpc) is 3.01. The van der Waals surface area contributed by atoms with E-state index < -0.39 is 5.97 Å². The van der Waals surface area contributed by atoms with Gasteiger partial charge >= 0.3 is 5.97 Å². The number of aryl methyl sites for hydroxylation is 1. The second kappa shape index (κ2) is 4.40. The molecule has 0 radical (unpaired) electrons. The number of aromatic hydroxyl groups is 1. The van der Waals surface area contributed by atoms with Crippen molar-refractivity contribution in [3.63, 3.8) is 0 Å². The van der Waals surface area contributed by atoms with Crippen LogP contribution in [0.2, 0.25) is 0 Å². The maximum absolute atomic E-state index is 10.8. The van der Waals surface area contributed by atoms with Gasteiger partial charge in [-0.05, 0) is 48.8 Å². The van der Waals surface area contributed by atoms with Crippen molar-refractivity contribution in [2.45, 2.75) is 32.6 Å². The van der Waals surface area contributed by atoms with Gasteiger partial charge in [0.1, 0.15) is 5.75 Å². The van der Waals surface area contributed by atoms with Gasteiger partial charge in [-0.1, -0.05) is 19.1 Å². The Morgan fingerprint density at radius 3 is 2.76 bits per heavy atom. The molecule has 0 heterocycles. The van der Waals surface area contributed by atoms with Crippen LogP contribution in [0.25, 0.3) is 0 Å². The number of carboxylic acids is 1. The van der Waals surface area contributed by atoms with Gasteiger partial charge in [0, 0.05) is 0 Å². The van der Waals surface area contributed by atoms with E-state index in [1.54, 1.807) is 6.07 Å². The molecule has 2 N–H and O–H groups in total. The zero-order valence-electron chi connectivity index (χ0n) is 10.2. The molecule has 1 fully saturated rings. The zero-order valence-corrected chi connectivity index (χ0v) is 10.2. The van der Waals surface area contributed by atoms with Crippen molar-refractivity contribution >= 4 is 5.97 Å². The van der Waals surface area contributed by atoms with Crippen LogP contribution < -0.4 is 0 Å². The van der Waals surface area contributed by atoms with Gasteiger partial charge in [-0.25, -0.2) is 0 Å². The molecule has 0 aromatic heterocycles. The van der Waals surface area contributed by atoms with Crippen LogP contribution in [-0.2, 0) is 4.79 Å². The van der Waals surface area contributed by atoms with Crippen LogP contribution >= 0.6 is 0 Å². The molecule has 3 unspecified atom stereocenters. The second-order valence-electron chi connectivity index (χ2n) is 5.12. The van der Waals surface area contributed by atoms with Gasteiger partial charge in [-0.2, -0.15) is 0 Å². The number of phenolic OH excluding ortho intramolecular Hbond substituents is 1. The largest absolute Gasteiger partial charge is 0.508 e. The summed E-state index contributed by atoms with van der Waals surface area (Å²) in [6.45, 7) is 3.99. The van der Waals surface area contributed by atoms with Crippen molar-refractivity contribution in [3.8, 4) is 5.75 Å². The quantitative estimate of drug-likeness (QED) is 0.842. The first-order chi connectivity index (χ1) is 7.99. The maximum atomic E-state index is 10.8. The lowest BCUT2D eigenvalue weighted by atomic mass is 9.93. The summed E-state index contributed by atoms with van der Waals surface area (Å²) in [5, 5.41) is 18.3. The monoisotopic (exact) mass is 234 g/mol. The minimum atomic E-state index is -0.663. The molecule has 0 aliphatic heterocycles. The molecule has 1 saturated carbocycles. The van der Waals surface area contributed by atoms with E-state index in [9.17, 15) is 9.90 Å². The lowest BCUT2D eigenvalue weighted by Crippen LogP contribution is -2.02. The summed E-state index contributed by atoms with van der Waals surface area (Å²) in [7, 11) is 0. The van der Waals surface area contributed by atoms with Crippen molar-refractivity contribution in [2.24, 2.45) is 11.8 Å². The molecule has 1 aromatic carbocycles. The smallest absolute Gasteiger partial charge is 0.306 e. The number of benzene rings is 1. The molecule has 3 atom stereocenters. The molecule has 1 aliphatic rings. The van der Waals surface area contributed by atoms with E-state index in [2.05, 4.69) is 6.92 Å². The third-order valence-electron chi connectivity index (χ3n) is 3.69. The van der Waals surface area contributed by atoms with E-state index in [1.807, 2.05) is 19.1 Å². The normalized spacial score (nSPS) is 24.4. The summed E-state index contributed by atoms with van der Waals surface area (Å²) >= 11 is 0. The van der Waals surface area contributed by atoms with Crippen molar-refractivity contribution in [2.75, 3.05) is 0 Å². The lowest BCUT2D eigenvalue weighted by Gasteiger charge is -2.12. The average molecular weight is 234 g/mol. The summed E-state index contributed by atoms with van der Waals surface area (Å²) in [5.74, 6) is 0.204. The fourth-order valence-corrected chi connectivity index (χ4v) is 2.39. The summed E-state index contributed by atoms with van der Waals surface area (Å²) in [5.41, 5.74) is 2.05. The molecule has 0 saturated heterocycles. The minimum absolute atomic E-state index is 0.129. The molecule has 17 heavy (non-hydrogen) atoms. The number of phenols is 1. The Morgan fingerprint density at radius 2 is 2.24 bits per heavy atom. The van der Waals surface area contributed by atoms with E-state index >= 15 is 0 Å². The number of hydrogen-bond donors (Lipinski definition) is 2. The Bertz CT molecular complexity index is 439. The van der Waals surface area contributed by atoms with Crippen molar-refractivity contribution in [1.82, 2.24) is 0 Å². The van der Waals surface area contributed by atoms with E-state index in [4.69, 9.17) is 5.11 Å². The molecule has 1 aromatic rings. The highest BCUT2D eigenvalue weighted by molar-refractivity contribution is 5.73. The molecule has 0 amide bonds. The SMILES string of the molecule is Cc1cc(C(C)CC2CC2C(=O)O)ccc1O. The number of aliphatic carboxylic acids is 1. The maximum Gasteiger partial charge on any atom is 0.306 e. The number of rotatable bonds is 4. The molecule has 92 valence electrons. The second-order valence-corrected chi connectivity index (χ2v) is 5.12. The molecule has 0 bridgehead atoms. The molecule has 3 nitrogen and oxygen atoms in total. The zero-order chi connectivity index (χ0) is 12.6. The predicted molar refractivity (Wildman–Crippen MR) is 65.1 cm³/mol. The van der Waals surface area contributed by atoms with Crippen LogP contribution in [-0.4, -0.2) is 16.2 Å². The third-order valence-corrected chi connectivity index (χ3v) is 3.69. The van der Waals surface area contributed by atoms with Crippen LogP contribution in [0, 0.1) is 18.8 Å². The van der Waals surface area contributed by atoms with E-state index in [1.165, 1.54) is 5.56 Å². The van der Waals surface area contributed by atoms with Crippen molar-refractivity contribution in [3.05, 3.63) is 29.3 Å². The Morgan fingerprint density at radius 1 is 1.53 bits per heavy atom. The molecular formula is C14H18O3. The third kappa shape index (κ3) is 2.60. The first-order valence-electron chi connectivity index (χ1n) is 6.01. The number of carboxylic acid groups (broad SMARTS) is 1. The Balaban J connectivity index is 1.98. The van der Waals surface area contributed by atoms with E-state index in [0.29, 0.717) is 17.6 Å². The Labute approximate surface area is 101 Å². The van der Waals surface area contributed by atoms with Crippen LogP contribution in [0.5, 0.6) is 5.75 Å². The highest BCUT2D eigenvalue weighted by Gasteiger charge is 2.43. The summed E-state index contributed by atoms with van der Waals surface area (Å²) in [4.78, 5) is 10.8. The lowest BCUT2D eigenvalue weighted by molar-refractivity contribution is -0.138. The first kappa shape index (κ1) is 12.0. The minimum Gasteiger partial charge on any atom is -0.508 e.